The SMILES string of the molecule is Cc1cc(Br)c(C(N)C2CC2C)cc1Br. The zero-order valence-corrected chi connectivity index (χ0v) is 12.1. The first kappa shape index (κ1) is 11.6. The molecule has 0 saturated heterocycles. The van der Waals surface area contributed by atoms with E-state index in [4.69, 9.17) is 5.73 Å². The van der Waals surface area contributed by atoms with Crippen LogP contribution in [0.15, 0.2) is 21.1 Å². The first-order chi connectivity index (χ1) is 7.00. The lowest BCUT2D eigenvalue weighted by Gasteiger charge is -2.15. The van der Waals surface area contributed by atoms with Gasteiger partial charge in [0.05, 0.1) is 0 Å². The normalized spacial score (nSPS) is 26.5. The second kappa shape index (κ2) is 4.19. The van der Waals surface area contributed by atoms with Gasteiger partial charge in [0.15, 0.2) is 0 Å². The van der Waals surface area contributed by atoms with Crippen LogP contribution in [-0.4, -0.2) is 0 Å². The summed E-state index contributed by atoms with van der Waals surface area (Å²) in [5, 5.41) is 0. The van der Waals surface area contributed by atoms with E-state index in [9.17, 15) is 0 Å². The van der Waals surface area contributed by atoms with Gasteiger partial charge in [-0.25, -0.2) is 0 Å². The minimum atomic E-state index is 0.172. The average molecular weight is 333 g/mol. The highest BCUT2D eigenvalue weighted by Gasteiger charge is 2.38. The molecule has 1 nitrogen and oxygen atoms in total. The Labute approximate surface area is 108 Å². The van der Waals surface area contributed by atoms with Crippen LogP contribution in [0.3, 0.4) is 0 Å². The predicted molar refractivity (Wildman–Crippen MR) is 70.8 cm³/mol. The predicted octanol–water partition coefficient (Wildman–Crippen LogP) is 4.18. The van der Waals surface area contributed by atoms with Crippen molar-refractivity contribution < 1.29 is 0 Å². The van der Waals surface area contributed by atoms with Gasteiger partial charge in [-0.05, 0) is 48.4 Å². The van der Waals surface area contributed by atoms with Crippen molar-refractivity contribution in [3.63, 3.8) is 0 Å². The van der Waals surface area contributed by atoms with Crippen LogP contribution in [0.2, 0.25) is 0 Å². The number of benzene rings is 1. The van der Waals surface area contributed by atoms with Gasteiger partial charge in [0.1, 0.15) is 0 Å². The molecule has 1 fully saturated rings. The van der Waals surface area contributed by atoms with Gasteiger partial charge in [-0.2, -0.15) is 0 Å². The van der Waals surface area contributed by atoms with Crippen molar-refractivity contribution in [3.05, 3.63) is 32.2 Å². The zero-order chi connectivity index (χ0) is 11.2. The van der Waals surface area contributed by atoms with Gasteiger partial charge in [-0.1, -0.05) is 38.8 Å². The van der Waals surface area contributed by atoms with Crippen LogP contribution in [0.5, 0.6) is 0 Å². The van der Waals surface area contributed by atoms with E-state index in [-0.39, 0.29) is 6.04 Å². The third kappa shape index (κ3) is 2.29. The van der Waals surface area contributed by atoms with Gasteiger partial charge >= 0.3 is 0 Å². The molecule has 1 aliphatic rings. The highest BCUT2D eigenvalue weighted by Crippen LogP contribution is 2.47. The lowest BCUT2D eigenvalue weighted by atomic mass is 10.0. The first-order valence-electron chi connectivity index (χ1n) is 5.22. The number of hydrogen-bond acceptors (Lipinski definition) is 1. The fraction of sp³-hybridized carbons (Fsp3) is 0.500. The molecule has 0 aliphatic heterocycles. The Hall–Kier alpha value is 0.140. The highest BCUT2D eigenvalue weighted by atomic mass is 79.9. The summed E-state index contributed by atoms with van der Waals surface area (Å²) in [5.74, 6) is 1.45. The van der Waals surface area contributed by atoms with E-state index < -0.39 is 0 Å². The molecule has 1 saturated carbocycles. The molecular formula is C12H15Br2N. The molecule has 0 amide bonds. The number of halogens is 2. The molecule has 1 aliphatic carbocycles. The fourth-order valence-corrected chi connectivity index (χ4v) is 3.08. The molecule has 3 heteroatoms. The largest absolute Gasteiger partial charge is 0.324 e. The Balaban J connectivity index is 2.31. The summed E-state index contributed by atoms with van der Waals surface area (Å²) in [5.41, 5.74) is 8.72. The van der Waals surface area contributed by atoms with Gasteiger partial charge < -0.3 is 5.73 Å². The molecule has 3 atom stereocenters. The Bertz CT molecular complexity index is 389. The summed E-state index contributed by atoms with van der Waals surface area (Å²) in [6, 6.07) is 4.45. The van der Waals surface area contributed by atoms with Crippen molar-refractivity contribution in [2.75, 3.05) is 0 Å². The van der Waals surface area contributed by atoms with Crippen LogP contribution in [-0.2, 0) is 0 Å². The van der Waals surface area contributed by atoms with Crippen LogP contribution >= 0.6 is 31.9 Å². The summed E-state index contributed by atoms with van der Waals surface area (Å²) >= 11 is 7.15. The van der Waals surface area contributed by atoms with Crippen LogP contribution in [0, 0.1) is 18.8 Å². The maximum atomic E-state index is 6.26. The number of rotatable bonds is 2. The quantitative estimate of drug-likeness (QED) is 0.864. The summed E-state index contributed by atoms with van der Waals surface area (Å²) in [4.78, 5) is 0. The summed E-state index contributed by atoms with van der Waals surface area (Å²) in [6.07, 6.45) is 1.26. The summed E-state index contributed by atoms with van der Waals surface area (Å²) in [7, 11) is 0. The van der Waals surface area contributed by atoms with E-state index in [2.05, 4.69) is 57.8 Å². The first-order valence-corrected chi connectivity index (χ1v) is 6.80. The maximum absolute atomic E-state index is 6.26. The van der Waals surface area contributed by atoms with Gasteiger partial charge in [-0.15, -0.1) is 0 Å². The van der Waals surface area contributed by atoms with Crippen molar-refractivity contribution >= 4 is 31.9 Å². The minimum absolute atomic E-state index is 0.172. The van der Waals surface area contributed by atoms with E-state index in [1.54, 1.807) is 0 Å². The standard InChI is InChI=1S/C12H15Br2N/c1-6-3-8(6)12(15)9-5-10(13)7(2)4-11(9)14/h4-6,8,12H,3,15H2,1-2H3. The fourth-order valence-electron chi connectivity index (χ4n) is 2.00. The second-order valence-electron chi connectivity index (χ2n) is 4.53. The zero-order valence-electron chi connectivity index (χ0n) is 8.93. The molecule has 0 heterocycles. The smallest absolute Gasteiger partial charge is 0.0337 e. The van der Waals surface area contributed by atoms with E-state index in [1.165, 1.54) is 17.5 Å². The van der Waals surface area contributed by atoms with Crippen molar-refractivity contribution in [3.8, 4) is 0 Å². The third-order valence-corrected chi connectivity index (χ3v) is 4.81. The topological polar surface area (TPSA) is 26.0 Å². The Morgan fingerprint density at radius 2 is 1.93 bits per heavy atom. The monoisotopic (exact) mass is 331 g/mol. The number of nitrogens with two attached hydrogens (primary N) is 1. The van der Waals surface area contributed by atoms with Crippen molar-refractivity contribution in [2.24, 2.45) is 17.6 Å². The molecule has 15 heavy (non-hydrogen) atoms. The molecule has 3 unspecified atom stereocenters. The molecule has 82 valence electrons. The Kier molecular flexibility index (Phi) is 3.25. The Morgan fingerprint density at radius 1 is 1.33 bits per heavy atom. The van der Waals surface area contributed by atoms with Crippen LogP contribution in [0.4, 0.5) is 0 Å². The highest BCUT2D eigenvalue weighted by molar-refractivity contribution is 9.11. The summed E-state index contributed by atoms with van der Waals surface area (Å²) < 4.78 is 2.28. The molecular weight excluding hydrogens is 318 g/mol. The third-order valence-electron chi connectivity index (χ3n) is 3.27. The minimum Gasteiger partial charge on any atom is -0.324 e. The molecule has 0 radical (unpaired) electrons. The number of aryl methyl sites for hydroxylation is 1. The molecule has 1 aromatic carbocycles. The van der Waals surface area contributed by atoms with E-state index in [0.717, 1.165) is 14.9 Å². The second-order valence-corrected chi connectivity index (χ2v) is 6.23. The molecule has 0 spiro atoms. The lowest BCUT2D eigenvalue weighted by Crippen LogP contribution is -2.14. The van der Waals surface area contributed by atoms with Crippen molar-refractivity contribution in [1.82, 2.24) is 0 Å². The molecule has 0 bridgehead atoms. The van der Waals surface area contributed by atoms with Crippen molar-refractivity contribution in [2.45, 2.75) is 26.3 Å². The van der Waals surface area contributed by atoms with Gasteiger partial charge in [0.2, 0.25) is 0 Å². The van der Waals surface area contributed by atoms with E-state index in [0.29, 0.717) is 5.92 Å². The van der Waals surface area contributed by atoms with Crippen LogP contribution in [0.1, 0.15) is 30.5 Å². The number of hydrogen-bond donors (Lipinski definition) is 1. The van der Waals surface area contributed by atoms with E-state index >= 15 is 0 Å². The molecule has 2 rings (SSSR count). The molecule has 2 N–H and O–H groups in total. The Morgan fingerprint density at radius 3 is 2.47 bits per heavy atom. The van der Waals surface area contributed by atoms with Gasteiger partial charge in [0.25, 0.3) is 0 Å². The summed E-state index contributed by atoms with van der Waals surface area (Å²) in [6.45, 7) is 4.35. The van der Waals surface area contributed by atoms with Gasteiger partial charge in [-0.3, -0.25) is 0 Å². The van der Waals surface area contributed by atoms with Crippen LogP contribution in [0.25, 0.3) is 0 Å². The average Bonchev–Trinajstić information content (AvgIpc) is 2.88. The molecule has 1 aromatic rings. The van der Waals surface area contributed by atoms with Gasteiger partial charge in [0, 0.05) is 15.0 Å². The maximum Gasteiger partial charge on any atom is 0.0337 e. The van der Waals surface area contributed by atoms with E-state index in [1.807, 2.05) is 0 Å². The molecule has 0 aromatic heterocycles. The lowest BCUT2D eigenvalue weighted by molar-refractivity contribution is 0.591. The van der Waals surface area contributed by atoms with Crippen LogP contribution < -0.4 is 5.73 Å². The van der Waals surface area contributed by atoms with Crippen molar-refractivity contribution in [1.29, 1.82) is 0 Å².